The van der Waals surface area contributed by atoms with E-state index in [4.69, 9.17) is 5.73 Å². The van der Waals surface area contributed by atoms with E-state index in [9.17, 15) is 24.5 Å². The molecule has 1 aromatic carbocycles. The molecule has 0 fully saturated rings. The number of carbonyl (C=O) groups excluding carboxylic acids is 2. The number of aromatic nitrogens is 2. The lowest BCUT2D eigenvalue weighted by molar-refractivity contribution is -0.385. The monoisotopic (exact) mass is 422 g/mol. The maximum atomic E-state index is 13.0. The molecule has 0 atom stereocenters. The molecule has 2 heterocycles. The van der Waals surface area contributed by atoms with Gasteiger partial charge >= 0.3 is 0 Å². The smallest absolute Gasteiger partial charge is 0.286 e. The van der Waals surface area contributed by atoms with Gasteiger partial charge in [0.15, 0.2) is 5.78 Å². The van der Waals surface area contributed by atoms with Gasteiger partial charge in [-0.1, -0.05) is 6.07 Å². The molecule has 0 saturated carbocycles. The Morgan fingerprint density at radius 1 is 1.03 bits per heavy atom. The summed E-state index contributed by atoms with van der Waals surface area (Å²) in [6.07, 6.45) is 0.940. The van der Waals surface area contributed by atoms with E-state index in [2.05, 4.69) is 0 Å². The molecule has 3 rings (SSSR count). The molecule has 0 radical (unpaired) electrons. The van der Waals surface area contributed by atoms with Crippen LogP contribution in [0.1, 0.15) is 43.2 Å². The van der Waals surface area contributed by atoms with Gasteiger partial charge in [0.25, 0.3) is 17.2 Å². The van der Waals surface area contributed by atoms with Crippen LogP contribution in [0.3, 0.4) is 0 Å². The van der Waals surface area contributed by atoms with Crippen molar-refractivity contribution in [3.8, 4) is 5.69 Å². The summed E-state index contributed by atoms with van der Waals surface area (Å²) in [4.78, 5) is 47.4. The van der Waals surface area contributed by atoms with Crippen LogP contribution in [-0.4, -0.2) is 25.7 Å². The highest BCUT2D eigenvalue weighted by molar-refractivity contribution is 5.98. The molecule has 0 unspecified atom stereocenters. The third-order valence-electron chi connectivity index (χ3n) is 5.34. The average molecular weight is 422 g/mol. The Bertz CT molecular complexity index is 1300. The van der Waals surface area contributed by atoms with Crippen LogP contribution in [0.25, 0.3) is 5.69 Å². The van der Waals surface area contributed by atoms with Gasteiger partial charge in [0.05, 0.1) is 17.7 Å². The SMILES string of the molecule is Cc1ccc(-n2c(C)cc(C(=O)Cn3cc([N+](=O)[O-])cc(C(N)=O)c3=O)c2C)cc1C. The summed E-state index contributed by atoms with van der Waals surface area (Å²) in [6.45, 7) is 7.22. The molecule has 0 aliphatic carbocycles. The number of amides is 1. The van der Waals surface area contributed by atoms with Gasteiger partial charge in [-0.05, 0) is 57.0 Å². The van der Waals surface area contributed by atoms with Crippen molar-refractivity contribution < 1.29 is 14.5 Å². The van der Waals surface area contributed by atoms with Gasteiger partial charge in [-0.25, -0.2) is 0 Å². The van der Waals surface area contributed by atoms with Crippen molar-refractivity contribution >= 4 is 17.4 Å². The third kappa shape index (κ3) is 4.02. The minimum Gasteiger partial charge on any atom is -0.365 e. The molecule has 9 nitrogen and oxygen atoms in total. The van der Waals surface area contributed by atoms with Crippen LogP contribution in [0, 0.1) is 37.8 Å². The molecule has 2 aromatic heterocycles. The van der Waals surface area contributed by atoms with Gasteiger partial charge in [-0.15, -0.1) is 0 Å². The van der Waals surface area contributed by atoms with E-state index in [0.717, 1.165) is 39.3 Å². The summed E-state index contributed by atoms with van der Waals surface area (Å²) in [5, 5.41) is 11.2. The standard InChI is InChI=1S/C22H22N4O5/c1-12-5-6-16(7-13(12)2)25-14(3)8-18(15(25)4)20(27)11-24-10-17(26(30)31)9-19(21(23)28)22(24)29/h5-10H,11H2,1-4H3,(H2,23,28). The lowest BCUT2D eigenvalue weighted by atomic mass is 10.1. The first-order valence-corrected chi connectivity index (χ1v) is 9.49. The quantitative estimate of drug-likeness (QED) is 0.371. The number of hydrogen-bond acceptors (Lipinski definition) is 5. The lowest BCUT2D eigenvalue weighted by Crippen LogP contribution is -2.31. The molecular weight excluding hydrogens is 400 g/mol. The summed E-state index contributed by atoms with van der Waals surface area (Å²) in [7, 11) is 0. The summed E-state index contributed by atoms with van der Waals surface area (Å²) in [6, 6.07) is 8.51. The predicted molar refractivity (Wildman–Crippen MR) is 115 cm³/mol. The maximum Gasteiger partial charge on any atom is 0.286 e. The molecule has 0 aliphatic rings. The minimum atomic E-state index is -1.09. The second kappa shape index (κ2) is 8.02. The zero-order valence-electron chi connectivity index (χ0n) is 17.6. The molecular formula is C22H22N4O5. The molecule has 31 heavy (non-hydrogen) atoms. The maximum absolute atomic E-state index is 13.0. The first-order chi connectivity index (χ1) is 14.5. The number of rotatable bonds is 6. The number of nitrogens with two attached hydrogens (primary N) is 1. The van der Waals surface area contributed by atoms with Gasteiger partial charge in [0, 0.05) is 28.7 Å². The van der Waals surface area contributed by atoms with Crippen LogP contribution in [0.5, 0.6) is 0 Å². The van der Waals surface area contributed by atoms with Crippen LogP contribution >= 0.6 is 0 Å². The molecule has 2 N–H and O–H groups in total. The number of Topliss-reactive ketones (excluding diaryl/α,β-unsaturated/α-hetero) is 1. The summed E-state index contributed by atoms with van der Waals surface area (Å²) in [5.41, 5.74) is 8.33. The van der Waals surface area contributed by atoms with E-state index < -0.39 is 40.0 Å². The fourth-order valence-corrected chi connectivity index (χ4v) is 3.56. The van der Waals surface area contributed by atoms with Crippen molar-refractivity contribution in [2.24, 2.45) is 5.73 Å². The first-order valence-electron chi connectivity index (χ1n) is 9.49. The van der Waals surface area contributed by atoms with Gasteiger partial charge < -0.3 is 14.9 Å². The number of primary amides is 1. The van der Waals surface area contributed by atoms with Crippen molar-refractivity contribution in [3.05, 3.63) is 90.6 Å². The fourth-order valence-electron chi connectivity index (χ4n) is 3.56. The van der Waals surface area contributed by atoms with Crippen molar-refractivity contribution in [1.29, 1.82) is 0 Å². The highest BCUT2D eigenvalue weighted by Crippen LogP contribution is 2.23. The predicted octanol–water partition coefficient (Wildman–Crippen LogP) is 2.76. The van der Waals surface area contributed by atoms with E-state index in [1.54, 1.807) is 13.0 Å². The van der Waals surface area contributed by atoms with Crippen LogP contribution in [-0.2, 0) is 6.54 Å². The van der Waals surface area contributed by atoms with Crippen LogP contribution in [0.4, 0.5) is 5.69 Å². The van der Waals surface area contributed by atoms with Gasteiger partial charge in [0.2, 0.25) is 0 Å². The molecule has 160 valence electrons. The number of pyridine rings is 1. The van der Waals surface area contributed by atoms with Gasteiger partial charge in [0.1, 0.15) is 5.56 Å². The van der Waals surface area contributed by atoms with E-state index >= 15 is 0 Å². The Kier molecular flexibility index (Phi) is 5.61. The molecule has 0 bridgehead atoms. The zero-order valence-corrected chi connectivity index (χ0v) is 17.6. The summed E-state index contributed by atoms with van der Waals surface area (Å²) >= 11 is 0. The Balaban J connectivity index is 2.04. The molecule has 0 aliphatic heterocycles. The summed E-state index contributed by atoms with van der Waals surface area (Å²) in [5.74, 6) is -1.51. The van der Waals surface area contributed by atoms with Crippen molar-refractivity contribution in [2.75, 3.05) is 0 Å². The third-order valence-corrected chi connectivity index (χ3v) is 5.34. The second-order valence-corrected chi connectivity index (χ2v) is 7.48. The topological polar surface area (TPSA) is 130 Å². The number of carbonyl (C=O) groups is 2. The molecule has 1 amide bonds. The fraction of sp³-hybridized carbons (Fsp3) is 0.227. The molecule has 9 heteroatoms. The Hall–Kier alpha value is -4.01. The van der Waals surface area contributed by atoms with E-state index in [-0.39, 0.29) is 0 Å². The van der Waals surface area contributed by atoms with Crippen molar-refractivity contribution in [1.82, 2.24) is 9.13 Å². The van der Waals surface area contributed by atoms with Crippen molar-refractivity contribution in [2.45, 2.75) is 34.2 Å². The largest absolute Gasteiger partial charge is 0.365 e. The Labute approximate surface area is 177 Å². The zero-order chi connectivity index (χ0) is 23.0. The van der Waals surface area contributed by atoms with Crippen LogP contribution in [0.15, 0.2) is 41.3 Å². The summed E-state index contributed by atoms with van der Waals surface area (Å²) < 4.78 is 2.79. The molecule has 3 aromatic rings. The normalized spacial score (nSPS) is 10.8. The first kappa shape index (κ1) is 21.7. The second-order valence-electron chi connectivity index (χ2n) is 7.48. The lowest BCUT2D eigenvalue weighted by Gasteiger charge is -2.12. The highest BCUT2D eigenvalue weighted by Gasteiger charge is 2.21. The highest BCUT2D eigenvalue weighted by atomic mass is 16.6. The van der Waals surface area contributed by atoms with E-state index in [1.807, 2.05) is 43.5 Å². The minimum absolute atomic E-state index is 0.384. The number of hydrogen-bond donors (Lipinski definition) is 1. The van der Waals surface area contributed by atoms with E-state index in [1.165, 1.54) is 0 Å². The van der Waals surface area contributed by atoms with Crippen LogP contribution < -0.4 is 11.3 Å². The average Bonchev–Trinajstić information content (AvgIpc) is 2.99. The van der Waals surface area contributed by atoms with E-state index in [0.29, 0.717) is 11.3 Å². The number of nitrogens with zero attached hydrogens (tertiary/aromatic N) is 3. The van der Waals surface area contributed by atoms with Crippen LogP contribution in [0.2, 0.25) is 0 Å². The number of benzene rings is 1. The number of nitro groups is 1. The number of ketones is 1. The Morgan fingerprint density at radius 2 is 1.71 bits per heavy atom. The van der Waals surface area contributed by atoms with Crippen molar-refractivity contribution in [3.63, 3.8) is 0 Å². The Morgan fingerprint density at radius 3 is 2.29 bits per heavy atom. The molecule has 0 saturated heterocycles. The molecule has 0 spiro atoms. The van der Waals surface area contributed by atoms with Gasteiger partial charge in [-0.3, -0.25) is 24.5 Å². The van der Waals surface area contributed by atoms with Gasteiger partial charge in [-0.2, -0.15) is 0 Å². The number of aryl methyl sites for hydroxylation is 3.